The molecule has 2 rings (SSSR count). The molecule has 0 saturated heterocycles. The monoisotopic (exact) mass is 283 g/mol. The molecule has 1 saturated carbocycles. The highest BCUT2D eigenvalue weighted by Crippen LogP contribution is 2.25. The second kappa shape index (κ2) is 6.73. The van der Waals surface area contributed by atoms with Crippen LogP contribution >= 0.6 is 24.0 Å². The lowest BCUT2D eigenvalue weighted by atomic mass is 9.96. The van der Waals surface area contributed by atoms with Crippen molar-refractivity contribution in [2.75, 3.05) is 14.1 Å². The lowest BCUT2D eigenvalue weighted by Crippen LogP contribution is -3.04. The summed E-state index contributed by atoms with van der Waals surface area (Å²) in [6.45, 7) is 1.06. The van der Waals surface area contributed by atoms with Crippen molar-refractivity contribution >= 4 is 30.2 Å². The van der Waals surface area contributed by atoms with Crippen LogP contribution in [-0.4, -0.2) is 26.4 Å². The molecule has 1 aliphatic carbocycles. The van der Waals surface area contributed by atoms with Crippen LogP contribution in [0.4, 0.5) is 0 Å². The maximum Gasteiger partial charge on any atom is 0.112 e. The molecule has 1 fully saturated rings. The van der Waals surface area contributed by atoms with Crippen LogP contribution in [0, 0.1) is 0 Å². The molecule has 1 aromatic heterocycles. The molecule has 1 aromatic rings. The van der Waals surface area contributed by atoms with Crippen molar-refractivity contribution < 1.29 is 4.90 Å². The van der Waals surface area contributed by atoms with Crippen LogP contribution in [0.5, 0.6) is 0 Å². The topological polar surface area (TPSA) is 16.8 Å². The summed E-state index contributed by atoms with van der Waals surface area (Å²) >= 11 is 6.34. The van der Waals surface area contributed by atoms with E-state index in [0.717, 1.165) is 10.8 Å². The van der Waals surface area contributed by atoms with E-state index in [1.807, 2.05) is 6.21 Å². The summed E-state index contributed by atoms with van der Waals surface area (Å²) in [4.78, 5) is 7.57. The zero-order valence-electron chi connectivity index (χ0n) is 11.3. The summed E-state index contributed by atoms with van der Waals surface area (Å²) in [7, 11) is 4.35. The molecule has 0 amide bonds. The van der Waals surface area contributed by atoms with Crippen LogP contribution in [0.1, 0.15) is 42.5 Å². The Morgan fingerprint density at radius 3 is 2.78 bits per heavy atom. The van der Waals surface area contributed by atoms with E-state index in [0.29, 0.717) is 6.04 Å². The van der Waals surface area contributed by atoms with Gasteiger partial charge < -0.3 is 4.90 Å². The standard InChI is InChI=1S/C14H22N2S2/c1-16(2)10-13-8-11(14(17)18-13)9-15-12-6-4-3-5-7-12/h8-9,12,17H,3-7,10H2,1-2H3/p+1. The van der Waals surface area contributed by atoms with Crippen LogP contribution in [0.2, 0.25) is 0 Å². The van der Waals surface area contributed by atoms with Crippen molar-refractivity contribution in [2.24, 2.45) is 4.99 Å². The quantitative estimate of drug-likeness (QED) is 0.624. The fourth-order valence-electron chi connectivity index (χ4n) is 2.39. The van der Waals surface area contributed by atoms with Gasteiger partial charge in [-0.2, -0.15) is 0 Å². The van der Waals surface area contributed by atoms with Crippen molar-refractivity contribution in [2.45, 2.75) is 48.9 Å². The van der Waals surface area contributed by atoms with Gasteiger partial charge in [-0.1, -0.05) is 19.3 Å². The average molecular weight is 283 g/mol. The van der Waals surface area contributed by atoms with Crippen molar-refractivity contribution in [3.05, 3.63) is 16.5 Å². The van der Waals surface area contributed by atoms with Gasteiger partial charge in [0.1, 0.15) is 6.54 Å². The number of quaternary nitrogens is 1. The number of aliphatic imine (C=N–C) groups is 1. The second-order valence-corrected chi connectivity index (χ2v) is 7.31. The van der Waals surface area contributed by atoms with E-state index in [9.17, 15) is 0 Å². The zero-order chi connectivity index (χ0) is 13.0. The highest BCUT2D eigenvalue weighted by molar-refractivity contribution is 7.83. The second-order valence-electron chi connectivity index (χ2n) is 5.43. The molecule has 2 nitrogen and oxygen atoms in total. The van der Waals surface area contributed by atoms with E-state index in [1.54, 1.807) is 11.3 Å². The Labute approximate surface area is 120 Å². The molecular formula is C14H23N2S2+. The van der Waals surface area contributed by atoms with E-state index in [-0.39, 0.29) is 0 Å². The van der Waals surface area contributed by atoms with Gasteiger partial charge in [-0.15, -0.1) is 24.0 Å². The number of thiophene rings is 1. The normalized spacial score (nSPS) is 18.0. The van der Waals surface area contributed by atoms with Crippen molar-refractivity contribution in [1.82, 2.24) is 0 Å². The molecule has 1 N–H and O–H groups in total. The molecule has 0 aromatic carbocycles. The zero-order valence-corrected chi connectivity index (χ0v) is 13.0. The molecule has 100 valence electrons. The van der Waals surface area contributed by atoms with Gasteiger partial charge in [-0.3, -0.25) is 4.99 Å². The largest absolute Gasteiger partial charge is 0.335 e. The summed E-state index contributed by atoms with van der Waals surface area (Å²) in [5.41, 5.74) is 1.20. The minimum atomic E-state index is 0.550. The van der Waals surface area contributed by atoms with Crippen molar-refractivity contribution in [1.29, 1.82) is 0 Å². The Hall–Kier alpha value is -0.320. The van der Waals surface area contributed by atoms with E-state index < -0.39 is 0 Å². The molecule has 18 heavy (non-hydrogen) atoms. The van der Waals surface area contributed by atoms with Gasteiger partial charge >= 0.3 is 0 Å². The third-order valence-electron chi connectivity index (χ3n) is 3.32. The lowest BCUT2D eigenvalue weighted by molar-refractivity contribution is -0.872. The fourth-order valence-corrected chi connectivity index (χ4v) is 3.89. The molecule has 0 bridgehead atoms. The van der Waals surface area contributed by atoms with Gasteiger partial charge in [0.15, 0.2) is 0 Å². The maximum absolute atomic E-state index is 4.73. The maximum atomic E-state index is 4.73. The number of hydrogen-bond acceptors (Lipinski definition) is 3. The van der Waals surface area contributed by atoms with Crippen molar-refractivity contribution in [3.8, 4) is 0 Å². The summed E-state index contributed by atoms with van der Waals surface area (Å²) in [6.07, 6.45) is 8.64. The Morgan fingerprint density at radius 1 is 1.39 bits per heavy atom. The minimum Gasteiger partial charge on any atom is -0.335 e. The number of rotatable bonds is 4. The Bertz CT molecular complexity index is 404. The number of thiol groups is 1. The van der Waals surface area contributed by atoms with E-state index in [4.69, 9.17) is 4.99 Å². The van der Waals surface area contributed by atoms with Crippen LogP contribution in [0.3, 0.4) is 0 Å². The Balaban J connectivity index is 1.99. The van der Waals surface area contributed by atoms with Crippen LogP contribution < -0.4 is 4.90 Å². The van der Waals surface area contributed by atoms with Gasteiger partial charge in [-0.25, -0.2) is 0 Å². The summed E-state index contributed by atoms with van der Waals surface area (Å²) in [5.74, 6) is 0. The summed E-state index contributed by atoms with van der Waals surface area (Å²) in [5, 5.41) is 0. The number of nitrogens with zero attached hydrogens (tertiary/aromatic N) is 1. The first-order valence-corrected chi connectivity index (χ1v) is 8.05. The SMILES string of the molecule is C[NH+](C)Cc1cc(C=NC2CCCCC2)c(S)s1. The number of nitrogens with one attached hydrogen (secondary N) is 1. The van der Waals surface area contributed by atoms with Gasteiger partial charge in [0.05, 0.1) is 23.2 Å². The average Bonchev–Trinajstić information content (AvgIpc) is 2.67. The van der Waals surface area contributed by atoms with Crippen LogP contribution in [0.25, 0.3) is 0 Å². The van der Waals surface area contributed by atoms with E-state index in [1.165, 1.54) is 47.4 Å². The van der Waals surface area contributed by atoms with Gasteiger partial charge in [0.25, 0.3) is 0 Å². The third-order valence-corrected chi connectivity index (χ3v) is 4.80. The smallest absolute Gasteiger partial charge is 0.112 e. The molecule has 1 heterocycles. The molecule has 0 unspecified atom stereocenters. The van der Waals surface area contributed by atoms with E-state index in [2.05, 4.69) is 32.8 Å². The fraction of sp³-hybridized carbons (Fsp3) is 0.643. The highest BCUT2D eigenvalue weighted by atomic mass is 32.2. The predicted molar refractivity (Wildman–Crippen MR) is 82.6 cm³/mol. The van der Waals surface area contributed by atoms with Gasteiger partial charge in [-0.05, 0) is 18.9 Å². The molecule has 1 aliphatic rings. The number of hydrogen-bond donors (Lipinski definition) is 2. The van der Waals surface area contributed by atoms with E-state index >= 15 is 0 Å². The first-order valence-electron chi connectivity index (χ1n) is 6.79. The Morgan fingerprint density at radius 2 is 2.11 bits per heavy atom. The molecule has 0 radical (unpaired) electrons. The molecule has 0 spiro atoms. The van der Waals surface area contributed by atoms with Gasteiger partial charge in [0.2, 0.25) is 0 Å². The molecule has 4 heteroatoms. The predicted octanol–water partition coefficient (Wildman–Crippen LogP) is 2.43. The first kappa shape index (κ1) is 14.1. The highest BCUT2D eigenvalue weighted by Gasteiger charge is 2.12. The molecule has 0 atom stereocenters. The van der Waals surface area contributed by atoms with Crippen molar-refractivity contribution in [3.63, 3.8) is 0 Å². The third kappa shape index (κ3) is 4.11. The van der Waals surface area contributed by atoms with Crippen LogP contribution in [0.15, 0.2) is 15.3 Å². The van der Waals surface area contributed by atoms with Gasteiger partial charge in [0, 0.05) is 17.8 Å². The molecule has 0 aliphatic heterocycles. The lowest BCUT2D eigenvalue weighted by Gasteiger charge is -2.16. The summed E-state index contributed by atoms with van der Waals surface area (Å²) < 4.78 is 1.10. The minimum absolute atomic E-state index is 0.550. The molecular weight excluding hydrogens is 260 g/mol. The van der Waals surface area contributed by atoms with Crippen LogP contribution in [-0.2, 0) is 6.54 Å². The summed E-state index contributed by atoms with van der Waals surface area (Å²) in [6, 6.07) is 2.79. The Kier molecular flexibility index (Phi) is 5.27. The first-order chi connectivity index (χ1) is 8.65.